The Labute approximate surface area is 616 Å². The standard InChI is InChI=1S/C11H18N2.C10H22N2.C9H20N2O.3C9H20N2.2C8H18N2.C7H16N2/c1-10(2)13(3)9-7-11-6-4-5-8-12-11;1-10(2)12-8-4-6-11(3)7-5-9-12;1-9(2)11-5-3-10(4-6-11)7-8-12;1-7(2)11-5-8(3)10-9(4)6-11;1-9(2)11-6-4-5-10(3)7-8-11;1-9(2)11-7-3-5-10-6-4-8-11;1-8(2)10-6-4-9(3)5-7-10;1-8(2)10-6-3-4-9-5-7-10;1-7(2)9-5-3-8-4-6-9/h4-6,8,10H,7,9H2,1-3H3;10H,4-9H2,1-3H3;9,12H,3-8H2,1-2H3;7-10H,5-6H2,1-4H3;9H,4-8H2,1-3H3;9-10H,3-8H2,1-2H3;8H,4-7H2,1-3H3;8-9H,3-7H2,1-2H3;7-8H,3-6H2,1-2H3/t;;;8-,9+;;;;;. The molecule has 0 aliphatic carbocycles. The molecular weight excluding hydrogens is 1230 g/mol. The van der Waals surface area contributed by atoms with Crippen LogP contribution >= 0.6 is 0 Å². The van der Waals surface area contributed by atoms with Crippen LogP contribution in [0.15, 0.2) is 24.4 Å². The van der Waals surface area contributed by atoms with Gasteiger partial charge in [0.05, 0.1) is 6.61 Å². The van der Waals surface area contributed by atoms with Gasteiger partial charge in [-0.1, -0.05) is 6.07 Å². The number of nitrogens with zero attached hydrogens (tertiary/aromatic N) is 14. The number of nitrogens with one attached hydrogen (secondary N) is 4. The Balaban J connectivity index is 0.000000558. The summed E-state index contributed by atoms with van der Waals surface area (Å²) < 4.78 is 0. The Morgan fingerprint density at radius 2 is 0.707 bits per heavy atom. The molecule has 8 aliphatic heterocycles. The van der Waals surface area contributed by atoms with Crippen molar-refractivity contribution in [3.63, 3.8) is 0 Å². The van der Waals surface area contributed by atoms with Gasteiger partial charge in [-0.05, 0) is 296 Å². The van der Waals surface area contributed by atoms with Gasteiger partial charge in [-0.25, -0.2) is 0 Å². The van der Waals surface area contributed by atoms with Crippen molar-refractivity contribution >= 4 is 0 Å². The van der Waals surface area contributed by atoms with Crippen molar-refractivity contribution in [3.8, 4) is 0 Å². The minimum atomic E-state index is 0.293. The van der Waals surface area contributed by atoms with Crippen LogP contribution in [0.5, 0.6) is 0 Å². The van der Waals surface area contributed by atoms with Gasteiger partial charge in [-0.3, -0.25) is 39.3 Å². The highest BCUT2D eigenvalue weighted by Crippen LogP contribution is 2.11. The van der Waals surface area contributed by atoms with E-state index in [9.17, 15) is 0 Å². The lowest BCUT2D eigenvalue weighted by Crippen LogP contribution is -2.55. The molecule has 9 rings (SSSR count). The summed E-state index contributed by atoms with van der Waals surface area (Å²) in [6, 6.07) is 13.7. The van der Waals surface area contributed by atoms with E-state index in [2.05, 4.69) is 263 Å². The smallest absolute Gasteiger partial charge is 0.0558 e. The summed E-state index contributed by atoms with van der Waals surface area (Å²) in [5.41, 5.74) is 1.18. The van der Waals surface area contributed by atoms with Crippen LogP contribution < -0.4 is 21.3 Å². The van der Waals surface area contributed by atoms with Crippen LogP contribution in [0.4, 0.5) is 0 Å². The van der Waals surface area contributed by atoms with Crippen LogP contribution in [0.2, 0.25) is 0 Å². The van der Waals surface area contributed by atoms with Gasteiger partial charge in [0, 0.05) is 216 Å². The molecule has 9 heterocycles. The Kier molecular flexibility index (Phi) is 56.5. The first-order chi connectivity index (χ1) is 47.0. The second-order valence-electron chi connectivity index (χ2n) is 32.4. The SMILES string of the molecule is CC(C)N(C)CCc1ccccn1.CC(C)N1CCCN(C)CC1.CC(C)N1CCCN(C)CCC1.CC(C)N1CCCNCC1.CC(C)N1CCCNCCC1.CC(C)N1CCN(C)CC1.CC(C)N1CCN(CCO)CC1.CC(C)N1CCNCC1.CC(C)N1C[C@@H](C)N[C@@H](C)C1. The van der Waals surface area contributed by atoms with Gasteiger partial charge in [0.25, 0.3) is 0 Å². The summed E-state index contributed by atoms with van der Waals surface area (Å²) >= 11 is 0. The van der Waals surface area contributed by atoms with E-state index < -0.39 is 0 Å². The molecule has 0 unspecified atom stereocenters. The molecule has 0 spiro atoms. The normalized spacial score (nSPS) is 23.0. The minimum Gasteiger partial charge on any atom is -0.395 e. The van der Waals surface area contributed by atoms with E-state index in [1.807, 2.05) is 18.3 Å². The predicted octanol–water partition coefficient (Wildman–Crippen LogP) is 8.21. The highest BCUT2D eigenvalue weighted by Gasteiger charge is 2.23. The third kappa shape index (κ3) is 49.0. The molecule has 19 heteroatoms. The van der Waals surface area contributed by atoms with Crippen LogP contribution in [0.3, 0.4) is 0 Å². The Morgan fingerprint density at radius 1 is 0.394 bits per heavy atom. The number of hydrogen-bond acceptors (Lipinski definition) is 19. The molecule has 0 saturated carbocycles. The van der Waals surface area contributed by atoms with Gasteiger partial charge in [0.2, 0.25) is 0 Å². The number of β-amino-alcohol motifs (C(OH)–C–C–N with tert-alkyl or cyclic N) is 1. The van der Waals surface area contributed by atoms with Gasteiger partial charge < -0.3 is 55.8 Å². The summed E-state index contributed by atoms with van der Waals surface area (Å²) in [5.74, 6) is 0. The summed E-state index contributed by atoms with van der Waals surface area (Å²) in [6.07, 6.45) is 10.8. The number of likely N-dealkylation sites (N-methyl/N-ethyl adjacent to an activating group) is 3. The van der Waals surface area contributed by atoms with Gasteiger partial charge in [-0.2, -0.15) is 0 Å². The second-order valence-corrected chi connectivity index (χ2v) is 32.4. The fraction of sp³-hybridized carbons (Fsp3) is 0.938. The largest absolute Gasteiger partial charge is 0.395 e. The van der Waals surface area contributed by atoms with Crippen LogP contribution in [-0.2, 0) is 6.42 Å². The number of aromatic nitrogens is 1. The lowest BCUT2D eigenvalue weighted by atomic mass is 10.1. The molecule has 8 aliphatic rings. The molecule has 19 nitrogen and oxygen atoms in total. The van der Waals surface area contributed by atoms with Crippen LogP contribution in [0.25, 0.3) is 0 Å². The topological polar surface area (TPSA) is 123 Å². The molecule has 1 aromatic heterocycles. The molecule has 8 fully saturated rings. The lowest BCUT2D eigenvalue weighted by Gasteiger charge is -2.38. The number of aliphatic hydroxyl groups is 1. The average molecular weight is 1400 g/mol. The third-order valence-corrected chi connectivity index (χ3v) is 21.0. The van der Waals surface area contributed by atoms with Crippen molar-refractivity contribution < 1.29 is 5.11 Å². The maximum atomic E-state index is 8.74. The number of piperazine rings is 4. The molecule has 588 valence electrons. The quantitative estimate of drug-likeness (QED) is 0.123. The van der Waals surface area contributed by atoms with Crippen LogP contribution in [0.1, 0.15) is 183 Å². The van der Waals surface area contributed by atoms with Gasteiger partial charge >= 0.3 is 0 Å². The van der Waals surface area contributed by atoms with Crippen LogP contribution in [0, 0.1) is 0 Å². The van der Waals surface area contributed by atoms with Crippen molar-refractivity contribution in [2.24, 2.45) is 0 Å². The first-order valence-corrected chi connectivity index (χ1v) is 40.8. The first kappa shape index (κ1) is 95.4. The highest BCUT2D eigenvalue weighted by molar-refractivity contribution is 5.03. The Hall–Kier alpha value is -1.57. The fourth-order valence-electron chi connectivity index (χ4n) is 13.4. The minimum absolute atomic E-state index is 0.293. The zero-order valence-corrected chi connectivity index (χ0v) is 70.2. The maximum Gasteiger partial charge on any atom is 0.0558 e. The molecular formula is C80H172N18O. The van der Waals surface area contributed by atoms with Gasteiger partial charge in [0.1, 0.15) is 0 Å². The first-order valence-electron chi connectivity index (χ1n) is 40.8. The molecule has 0 bridgehead atoms. The predicted molar refractivity (Wildman–Crippen MR) is 434 cm³/mol. The lowest BCUT2D eigenvalue weighted by molar-refractivity contribution is 0.0939. The summed E-state index contributed by atoms with van der Waals surface area (Å²) in [4.78, 5) is 36.5. The Morgan fingerprint density at radius 3 is 1.07 bits per heavy atom. The summed E-state index contributed by atoms with van der Waals surface area (Å²) in [7, 11) is 8.78. The van der Waals surface area contributed by atoms with E-state index in [1.165, 1.54) is 195 Å². The zero-order chi connectivity index (χ0) is 74.1. The molecule has 1 aromatic rings. The molecule has 2 atom stereocenters. The number of rotatable bonds is 14. The van der Waals surface area contributed by atoms with E-state index in [0.717, 1.165) is 102 Å². The molecule has 8 saturated heterocycles. The molecule has 0 amide bonds. The van der Waals surface area contributed by atoms with E-state index in [-0.39, 0.29) is 0 Å². The van der Waals surface area contributed by atoms with E-state index in [1.54, 1.807) is 0 Å². The fourth-order valence-corrected chi connectivity index (χ4v) is 13.4. The van der Waals surface area contributed by atoms with Crippen molar-refractivity contribution in [2.45, 2.75) is 250 Å². The van der Waals surface area contributed by atoms with Crippen molar-refractivity contribution in [1.82, 2.24) is 89.9 Å². The van der Waals surface area contributed by atoms with Crippen LogP contribution in [-0.4, -0.2) is 384 Å². The van der Waals surface area contributed by atoms with Gasteiger partial charge in [-0.15, -0.1) is 0 Å². The van der Waals surface area contributed by atoms with Crippen molar-refractivity contribution in [3.05, 3.63) is 30.1 Å². The maximum absolute atomic E-state index is 8.74. The summed E-state index contributed by atoms with van der Waals surface area (Å²) in [6.45, 7) is 84.0. The van der Waals surface area contributed by atoms with E-state index >= 15 is 0 Å². The van der Waals surface area contributed by atoms with E-state index in [0.29, 0.717) is 36.8 Å². The zero-order valence-electron chi connectivity index (χ0n) is 70.2. The molecule has 5 N–H and O–H groups in total. The molecule has 0 radical (unpaired) electrons. The van der Waals surface area contributed by atoms with E-state index in [4.69, 9.17) is 5.11 Å². The number of pyridine rings is 1. The molecule has 99 heavy (non-hydrogen) atoms. The van der Waals surface area contributed by atoms with Crippen molar-refractivity contribution in [2.75, 3.05) is 244 Å². The summed E-state index contributed by atoms with van der Waals surface area (Å²) in [5, 5.41) is 22.4. The number of aliphatic hydroxyl groups excluding tert-OH is 1. The third-order valence-electron chi connectivity index (χ3n) is 21.0. The van der Waals surface area contributed by atoms with Gasteiger partial charge in [0.15, 0.2) is 0 Å². The highest BCUT2D eigenvalue weighted by atomic mass is 16.3. The monoisotopic (exact) mass is 1400 g/mol. The van der Waals surface area contributed by atoms with Crippen molar-refractivity contribution in [1.29, 1.82) is 0 Å². The average Bonchev–Trinajstić information content (AvgIpc) is 1.88. The number of hydrogen-bond donors (Lipinski definition) is 5. The molecule has 0 aromatic carbocycles. The second kappa shape index (κ2) is 58.6. The Bertz CT molecular complexity index is 1870.